The maximum Gasteiger partial charge on any atom is 0.356 e. The van der Waals surface area contributed by atoms with Gasteiger partial charge in [0.1, 0.15) is 11.2 Å². The molecule has 2 heterocycles. The van der Waals surface area contributed by atoms with Crippen LogP contribution in [0, 0.1) is 12.7 Å². The molecule has 1 unspecified atom stereocenters. The maximum atomic E-state index is 13.2. The number of halogens is 1. The molecule has 1 amide bonds. The Hall–Kier alpha value is -2.41. The fourth-order valence-corrected chi connectivity index (χ4v) is 3.85. The Morgan fingerprint density at radius 2 is 2.08 bits per heavy atom. The molecular weight excluding hydrogens is 343 g/mol. The first-order valence-electron chi connectivity index (χ1n) is 7.84. The van der Waals surface area contributed by atoms with E-state index in [4.69, 9.17) is 4.74 Å². The highest BCUT2D eigenvalue weighted by molar-refractivity contribution is 8.00. The Kier molecular flexibility index (Phi) is 5.03. The van der Waals surface area contributed by atoms with Gasteiger partial charge in [-0.1, -0.05) is 12.1 Å². The monoisotopic (exact) mass is 360 g/mol. The van der Waals surface area contributed by atoms with E-state index in [2.05, 4.69) is 4.98 Å². The first kappa shape index (κ1) is 17.4. The lowest BCUT2D eigenvalue weighted by molar-refractivity contribution is -0.115. The van der Waals surface area contributed by atoms with Gasteiger partial charge in [0.05, 0.1) is 12.4 Å². The van der Waals surface area contributed by atoms with Crippen LogP contribution in [-0.4, -0.2) is 29.2 Å². The molecule has 0 N–H and O–H groups in total. The lowest BCUT2D eigenvalue weighted by Crippen LogP contribution is -2.28. The highest BCUT2D eigenvalue weighted by Gasteiger charge is 2.34. The SMILES string of the molecule is CCOC(=O)c1cc(N2C(=O)CSC2c2ccc(F)cc2)cc(C)n1. The van der Waals surface area contributed by atoms with E-state index in [9.17, 15) is 14.0 Å². The van der Waals surface area contributed by atoms with Gasteiger partial charge in [-0.05, 0) is 43.7 Å². The van der Waals surface area contributed by atoms with Crippen LogP contribution < -0.4 is 4.90 Å². The third-order valence-corrected chi connectivity index (χ3v) is 4.94. The number of anilines is 1. The molecule has 2 aromatic rings. The van der Waals surface area contributed by atoms with E-state index in [0.717, 1.165) is 5.56 Å². The normalized spacial score (nSPS) is 17.0. The van der Waals surface area contributed by atoms with Crippen molar-refractivity contribution in [3.8, 4) is 0 Å². The predicted molar refractivity (Wildman–Crippen MR) is 94.0 cm³/mol. The van der Waals surface area contributed by atoms with Crippen LogP contribution in [0.3, 0.4) is 0 Å². The fourth-order valence-electron chi connectivity index (χ4n) is 2.68. The lowest BCUT2D eigenvalue weighted by atomic mass is 10.1. The second-order valence-corrected chi connectivity index (χ2v) is 6.62. The highest BCUT2D eigenvalue weighted by atomic mass is 32.2. The number of carbonyl (C=O) groups excluding carboxylic acids is 2. The number of aryl methyl sites for hydroxylation is 1. The van der Waals surface area contributed by atoms with Gasteiger partial charge in [0.25, 0.3) is 0 Å². The summed E-state index contributed by atoms with van der Waals surface area (Å²) < 4.78 is 18.2. The summed E-state index contributed by atoms with van der Waals surface area (Å²) in [6.07, 6.45) is 0. The van der Waals surface area contributed by atoms with Crippen molar-refractivity contribution < 1.29 is 18.7 Å². The molecule has 1 aromatic heterocycles. The number of nitrogens with zero attached hydrogens (tertiary/aromatic N) is 2. The number of benzene rings is 1. The Morgan fingerprint density at radius 3 is 2.76 bits per heavy atom. The Bertz CT molecular complexity index is 810. The van der Waals surface area contributed by atoms with Gasteiger partial charge in [0, 0.05) is 11.4 Å². The number of hydrogen-bond donors (Lipinski definition) is 0. The van der Waals surface area contributed by atoms with Crippen LogP contribution in [0.15, 0.2) is 36.4 Å². The van der Waals surface area contributed by atoms with Crippen LogP contribution >= 0.6 is 11.8 Å². The van der Waals surface area contributed by atoms with Gasteiger partial charge >= 0.3 is 5.97 Å². The molecule has 0 radical (unpaired) electrons. The molecule has 1 atom stereocenters. The number of amides is 1. The average Bonchev–Trinajstić information content (AvgIpc) is 2.97. The van der Waals surface area contributed by atoms with Crippen molar-refractivity contribution >= 4 is 29.3 Å². The van der Waals surface area contributed by atoms with Crippen molar-refractivity contribution in [3.63, 3.8) is 0 Å². The van der Waals surface area contributed by atoms with Crippen LogP contribution in [0.4, 0.5) is 10.1 Å². The maximum absolute atomic E-state index is 13.2. The third kappa shape index (κ3) is 3.66. The first-order valence-corrected chi connectivity index (χ1v) is 8.89. The van der Waals surface area contributed by atoms with E-state index < -0.39 is 5.97 Å². The quantitative estimate of drug-likeness (QED) is 0.781. The zero-order valence-electron chi connectivity index (χ0n) is 13.9. The third-order valence-electron chi connectivity index (χ3n) is 3.72. The summed E-state index contributed by atoms with van der Waals surface area (Å²) in [5.74, 6) is -0.600. The topological polar surface area (TPSA) is 59.5 Å². The van der Waals surface area contributed by atoms with Gasteiger partial charge < -0.3 is 4.74 Å². The summed E-state index contributed by atoms with van der Waals surface area (Å²) in [4.78, 5) is 30.2. The zero-order valence-corrected chi connectivity index (χ0v) is 14.7. The van der Waals surface area contributed by atoms with Crippen molar-refractivity contribution in [1.82, 2.24) is 4.98 Å². The Labute approximate surface area is 149 Å². The first-order chi connectivity index (χ1) is 12.0. The van der Waals surface area contributed by atoms with Crippen molar-refractivity contribution in [2.75, 3.05) is 17.3 Å². The van der Waals surface area contributed by atoms with E-state index >= 15 is 0 Å². The summed E-state index contributed by atoms with van der Waals surface area (Å²) in [5, 5.41) is -0.273. The van der Waals surface area contributed by atoms with Gasteiger partial charge in [-0.2, -0.15) is 0 Å². The molecule has 1 aliphatic heterocycles. The molecule has 0 spiro atoms. The smallest absolute Gasteiger partial charge is 0.356 e. The standard InChI is InChI=1S/C18H17FN2O3S/c1-3-24-18(23)15-9-14(8-11(2)20-15)21-16(22)10-25-17(21)12-4-6-13(19)7-5-12/h4-9,17H,3,10H2,1-2H3. The molecule has 5 nitrogen and oxygen atoms in total. The predicted octanol–water partition coefficient (Wildman–Crippen LogP) is 3.48. The van der Waals surface area contributed by atoms with E-state index in [1.54, 1.807) is 43.0 Å². The van der Waals surface area contributed by atoms with Crippen LogP contribution in [0.2, 0.25) is 0 Å². The number of ether oxygens (including phenoxy) is 1. The fraction of sp³-hybridized carbons (Fsp3) is 0.278. The molecule has 3 rings (SSSR count). The number of thioether (sulfide) groups is 1. The number of hydrogen-bond acceptors (Lipinski definition) is 5. The Morgan fingerprint density at radius 1 is 1.36 bits per heavy atom. The molecule has 0 aliphatic carbocycles. The van der Waals surface area contributed by atoms with E-state index in [1.807, 2.05) is 0 Å². The van der Waals surface area contributed by atoms with Gasteiger partial charge in [0.15, 0.2) is 5.69 Å². The lowest BCUT2D eigenvalue weighted by Gasteiger charge is -2.25. The van der Waals surface area contributed by atoms with Crippen LogP contribution in [0.1, 0.15) is 34.0 Å². The van der Waals surface area contributed by atoms with E-state index in [1.165, 1.54) is 23.9 Å². The van der Waals surface area contributed by atoms with Gasteiger partial charge in [-0.3, -0.25) is 9.69 Å². The average molecular weight is 360 g/mol. The van der Waals surface area contributed by atoms with Crippen LogP contribution in [0.25, 0.3) is 0 Å². The van der Waals surface area contributed by atoms with E-state index in [-0.39, 0.29) is 29.4 Å². The molecule has 130 valence electrons. The van der Waals surface area contributed by atoms with Gasteiger partial charge in [0.2, 0.25) is 5.91 Å². The minimum Gasteiger partial charge on any atom is -0.461 e. The van der Waals surface area contributed by atoms with Crippen molar-refractivity contribution in [3.05, 3.63) is 59.2 Å². The summed E-state index contributed by atoms with van der Waals surface area (Å²) in [6.45, 7) is 3.73. The molecule has 25 heavy (non-hydrogen) atoms. The highest BCUT2D eigenvalue weighted by Crippen LogP contribution is 2.42. The van der Waals surface area contributed by atoms with E-state index in [0.29, 0.717) is 17.1 Å². The van der Waals surface area contributed by atoms with Crippen molar-refractivity contribution in [2.45, 2.75) is 19.2 Å². The number of esters is 1. The summed E-state index contributed by atoms with van der Waals surface area (Å²) >= 11 is 1.46. The number of rotatable bonds is 4. The van der Waals surface area contributed by atoms with Gasteiger partial charge in [-0.25, -0.2) is 14.2 Å². The number of pyridine rings is 1. The Balaban J connectivity index is 1.99. The minimum atomic E-state index is -0.523. The second kappa shape index (κ2) is 7.23. The largest absolute Gasteiger partial charge is 0.461 e. The summed E-state index contributed by atoms with van der Waals surface area (Å²) in [6, 6.07) is 9.39. The molecule has 1 aliphatic rings. The molecule has 0 bridgehead atoms. The zero-order chi connectivity index (χ0) is 18.0. The molecular formula is C18H17FN2O3S. The summed E-state index contributed by atoms with van der Waals surface area (Å²) in [7, 11) is 0. The molecule has 0 saturated carbocycles. The van der Waals surface area contributed by atoms with Crippen molar-refractivity contribution in [1.29, 1.82) is 0 Å². The number of carbonyl (C=O) groups is 2. The minimum absolute atomic E-state index is 0.0697. The number of aromatic nitrogens is 1. The molecule has 1 aromatic carbocycles. The second-order valence-electron chi connectivity index (χ2n) is 5.55. The van der Waals surface area contributed by atoms with Gasteiger partial charge in [-0.15, -0.1) is 11.8 Å². The van der Waals surface area contributed by atoms with Crippen LogP contribution in [-0.2, 0) is 9.53 Å². The van der Waals surface area contributed by atoms with Crippen LogP contribution in [0.5, 0.6) is 0 Å². The molecule has 1 saturated heterocycles. The molecule has 1 fully saturated rings. The molecule has 7 heteroatoms. The van der Waals surface area contributed by atoms with Crippen molar-refractivity contribution in [2.24, 2.45) is 0 Å². The summed E-state index contributed by atoms with van der Waals surface area (Å²) in [5.41, 5.74) is 2.19.